The summed E-state index contributed by atoms with van der Waals surface area (Å²) in [6.45, 7) is 3.50. The van der Waals surface area contributed by atoms with Crippen molar-refractivity contribution >= 4 is 27.3 Å². The smallest absolute Gasteiger partial charge is 0.245 e. The molecular formula is C24H24N2O5S. The molecule has 0 aliphatic rings. The van der Waals surface area contributed by atoms with Crippen molar-refractivity contribution in [3.63, 3.8) is 0 Å². The number of carbonyl (C=O) groups is 1. The van der Waals surface area contributed by atoms with Crippen LogP contribution < -0.4 is 19.1 Å². The normalized spacial score (nSPS) is 10.8. The lowest BCUT2D eigenvalue weighted by molar-refractivity contribution is -0.114. The molecule has 1 amide bonds. The van der Waals surface area contributed by atoms with Crippen molar-refractivity contribution in [1.82, 2.24) is 0 Å². The van der Waals surface area contributed by atoms with Crippen LogP contribution in [0.1, 0.15) is 0 Å². The van der Waals surface area contributed by atoms with Gasteiger partial charge in [-0.25, -0.2) is 8.42 Å². The van der Waals surface area contributed by atoms with Gasteiger partial charge in [-0.1, -0.05) is 49.1 Å². The third-order valence-corrected chi connectivity index (χ3v) is 5.40. The Labute approximate surface area is 188 Å². The van der Waals surface area contributed by atoms with Gasteiger partial charge < -0.3 is 14.8 Å². The molecule has 0 spiro atoms. The summed E-state index contributed by atoms with van der Waals surface area (Å²) in [7, 11) is -3.78. The Morgan fingerprint density at radius 1 is 1.00 bits per heavy atom. The fourth-order valence-corrected chi connectivity index (χ4v) is 3.76. The molecule has 0 heterocycles. The minimum absolute atomic E-state index is 0.261. The molecule has 32 heavy (non-hydrogen) atoms. The lowest BCUT2D eigenvalue weighted by Gasteiger charge is -2.24. The number of rotatable bonds is 10. The molecule has 0 saturated carbocycles. The standard InChI is InChI=1S/C24H24N2O5S/c1-3-16-30-21-13-9-10-19(17-21)25-24(27)18-26(32(2,28)29)22-14-7-8-15-23(22)31-20-11-5-4-6-12-20/h3-15,17H,1,16,18H2,2H3,(H,25,27). The highest BCUT2D eigenvalue weighted by molar-refractivity contribution is 7.92. The van der Waals surface area contributed by atoms with E-state index in [9.17, 15) is 13.2 Å². The van der Waals surface area contributed by atoms with Crippen LogP contribution in [0, 0.1) is 0 Å². The van der Waals surface area contributed by atoms with Gasteiger partial charge in [0, 0.05) is 11.8 Å². The van der Waals surface area contributed by atoms with Gasteiger partial charge in [0.05, 0.1) is 11.9 Å². The summed E-state index contributed by atoms with van der Waals surface area (Å²) in [5.41, 5.74) is 0.746. The van der Waals surface area contributed by atoms with Crippen molar-refractivity contribution in [2.75, 3.05) is 29.0 Å². The van der Waals surface area contributed by atoms with Gasteiger partial charge in [-0.15, -0.1) is 0 Å². The van der Waals surface area contributed by atoms with Crippen molar-refractivity contribution in [2.24, 2.45) is 0 Å². The van der Waals surface area contributed by atoms with E-state index >= 15 is 0 Å². The third kappa shape index (κ3) is 6.36. The average molecular weight is 453 g/mol. The number of nitrogens with zero attached hydrogens (tertiary/aromatic N) is 1. The molecule has 0 saturated heterocycles. The zero-order valence-electron chi connectivity index (χ0n) is 17.6. The van der Waals surface area contributed by atoms with E-state index in [1.165, 1.54) is 0 Å². The van der Waals surface area contributed by atoms with E-state index in [-0.39, 0.29) is 5.69 Å². The zero-order valence-corrected chi connectivity index (χ0v) is 18.4. The number of benzene rings is 3. The van der Waals surface area contributed by atoms with E-state index in [4.69, 9.17) is 9.47 Å². The fourth-order valence-electron chi connectivity index (χ4n) is 2.90. The largest absolute Gasteiger partial charge is 0.489 e. The Hall–Kier alpha value is -3.78. The van der Waals surface area contributed by atoms with Gasteiger partial charge in [0.15, 0.2) is 5.75 Å². The average Bonchev–Trinajstić information content (AvgIpc) is 2.77. The highest BCUT2D eigenvalue weighted by Gasteiger charge is 2.24. The molecule has 0 aliphatic heterocycles. The Balaban J connectivity index is 1.81. The molecule has 0 fully saturated rings. The van der Waals surface area contributed by atoms with E-state index in [1.54, 1.807) is 66.7 Å². The Kier molecular flexibility index (Phi) is 7.51. The van der Waals surface area contributed by atoms with Gasteiger partial charge in [0.25, 0.3) is 0 Å². The minimum Gasteiger partial charge on any atom is -0.489 e. The summed E-state index contributed by atoms with van der Waals surface area (Å²) >= 11 is 0. The molecule has 7 nitrogen and oxygen atoms in total. The summed E-state index contributed by atoms with van der Waals surface area (Å²) in [4.78, 5) is 12.7. The third-order valence-electron chi connectivity index (χ3n) is 4.28. The number of amides is 1. The Morgan fingerprint density at radius 2 is 1.69 bits per heavy atom. The first-order chi connectivity index (χ1) is 15.4. The van der Waals surface area contributed by atoms with Crippen molar-refractivity contribution in [1.29, 1.82) is 0 Å². The van der Waals surface area contributed by atoms with E-state index < -0.39 is 22.5 Å². The number of hydrogen-bond donors (Lipinski definition) is 1. The Bertz CT molecular complexity index is 1180. The summed E-state index contributed by atoms with van der Waals surface area (Å²) in [6, 6.07) is 22.5. The molecule has 0 aliphatic carbocycles. The van der Waals surface area contributed by atoms with E-state index in [2.05, 4.69) is 11.9 Å². The molecule has 0 aromatic heterocycles. The van der Waals surface area contributed by atoms with Crippen molar-refractivity contribution in [2.45, 2.75) is 0 Å². The molecule has 1 N–H and O–H groups in total. The lowest BCUT2D eigenvalue weighted by Crippen LogP contribution is -2.37. The van der Waals surface area contributed by atoms with Crippen molar-refractivity contribution in [3.05, 3.63) is 91.5 Å². The van der Waals surface area contributed by atoms with Gasteiger partial charge in [-0.3, -0.25) is 9.10 Å². The van der Waals surface area contributed by atoms with Gasteiger partial charge in [0.1, 0.15) is 24.7 Å². The van der Waals surface area contributed by atoms with Crippen molar-refractivity contribution in [3.8, 4) is 17.2 Å². The fraction of sp³-hybridized carbons (Fsp3) is 0.125. The summed E-state index contributed by atoms with van der Waals surface area (Å²) < 4.78 is 37.5. The van der Waals surface area contributed by atoms with Crippen LogP contribution in [0.5, 0.6) is 17.2 Å². The molecular weight excluding hydrogens is 428 g/mol. The van der Waals surface area contributed by atoms with Gasteiger partial charge in [-0.2, -0.15) is 0 Å². The first-order valence-corrected chi connectivity index (χ1v) is 11.6. The molecule has 0 bridgehead atoms. The van der Waals surface area contributed by atoms with Crippen LogP contribution in [0.3, 0.4) is 0 Å². The quantitative estimate of drug-likeness (QED) is 0.460. The topological polar surface area (TPSA) is 84.9 Å². The molecule has 3 aromatic rings. The summed E-state index contributed by atoms with van der Waals surface area (Å²) in [6.07, 6.45) is 2.66. The minimum atomic E-state index is -3.78. The van der Waals surface area contributed by atoms with Crippen LogP contribution >= 0.6 is 0 Å². The van der Waals surface area contributed by atoms with Crippen LogP contribution in [0.25, 0.3) is 0 Å². The SMILES string of the molecule is C=CCOc1cccc(NC(=O)CN(c2ccccc2Oc2ccccc2)S(C)(=O)=O)c1. The molecule has 8 heteroatoms. The van der Waals surface area contributed by atoms with Crippen LogP contribution in [0.2, 0.25) is 0 Å². The maximum atomic E-state index is 12.7. The maximum absolute atomic E-state index is 12.7. The molecule has 0 atom stereocenters. The molecule has 166 valence electrons. The summed E-state index contributed by atoms with van der Waals surface area (Å²) in [5, 5.41) is 2.71. The van der Waals surface area contributed by atoms with Crippen LogP contribution in [0.4, 0.5) is 11.4 Å². The number of carbonyl (C=O) groups excluding carboxylic acids is 1. The Morgan fingerprint density at radius 3 is 2.41 bits per heavy atom. The van der Waals surface area contributed by atoms with Gasteiger partial charge >= 0.3 is 0 Å². The maximum Gasteiger partial charge on any atom is 0.245 e. The van der Waals surface area contributed by atoms with Crippen LogP contribution in [-0.2, 0) is 14.8 Å². The van der Waals surface area contributed by atoms with E-state index in [0.29, 0.717) is 29.5 Å². The van der Waals surface area contributed by atoms with Crippen molar-refractivity contribution < 1.29 is 22.7 Å². The number of sulfonamides is 1. The number of hydrogen-bond acceptors (Lipinski definition) is 5. The number of ether oxygens (including phenoxy) is 2. The van der Waals surface area contributed by atoms with E-state index in [0.717, 1.165) is 10.6 Å². The van der Waals surface area contributed by atoms with Crippen LogP contribution in [0.15, 0.2) is 91.5 Å². The predicted molar refractivity (Wildman–Crippen MR) is 126 cm³/mol. The molecule has 0 radical (unpaired) electrons. The second-order valence-electron chi connectivity index (χ2n) is 6.83. The van der Waals surface area contributed by atoms with Crippen LogP contribution in [-0.4, -0.2) is 33.7 Å². The zero-order chi connectivity index (χ0) is 23.0. The number of para-hydroxylation sites is 3. The monoisotopic (exact) mass is 452 g/mol. The predicted octanol–water partition coefficient (Wildman–Crippen LogP) is 4.45. The number of anilines is 2. The first-order valence-electron chi connectivity index (χ1n) is 9.80. The molecule has 3 aromatic carbocycles. The highest BCUT2D eigenvalue weighted by atomic mass is 32.2. The first kappa shape index (κ1) is 22.9. The summed E-state index contributed by atoms with van der Waals surface area (Å²) in [5.74, 6) is 0.918. The van der Waals surface area contributed by atoms with E-state index in [1.807, 2.05) is 18.2 Å². The molecule has 3 rings (SSSR count). The molecule has 0 unspecified atom stereocenters. The number of nitrogens with one attached hydrogen (secondary N) is 1. The van der Waals surface area contributed by atoms with Gasteiger partial charge in [0.2, 0.25) is 15.9 Å². The second kappa shape index (κ2) is 10.5. The second-order valence-corrected chi connectivity index (χ2v) is 8.73. The highest BCUT2D eigenvalue weighted by Crippen LogP contribution is 2.33. The van der Waals surface area contributed by atoms with Gasteiger partial charge in [-0.05, 0) is 36.4 Å². The lowest BCUT2D eigenvalue weighted by atomic mass is 10.2.